The van der Waals surface area contributed by atoms with E-state index in [-0.39, 0.29) is 5.91 Å². The Balaban J connectivity index is 2.21. The van der Waals surface area contributed by atoms with Gasteiger partial charge in [-0.1, -0.05) is 11.6 Å². The zero-order valence-electron chi connectivity index (χ0n) is 11.7. The second-order valence-electron chi connectivity index (χ2n) is 4.76. The predicted molar refractivity (Wildman–Crippen MR) is 80.2 cm³/mol. The molecule has 2 rings (SSSR count). The van der Waals surface area contributed by atoms with Crippen LogP contribution < -0.4 is 5.32 Å². The third-order valence-electron chi connectivity index (χ3n) is 2.87. The highest BCUT2D eigenvalue weighted by molar-refractivity contribution is 6.31. The molecule has 0 aliphatic heterocycles. The fourth-order valence-corrected chi connectivity index (χ4v) is 2.02. The summed E-state index contributed by atoms with van der Waals surface area (Å²) >= 11 is 6.00. The van der Waals surface area contributed by atoms with Gasteiger partial charge in [-0.25, -0.2) is 0 Å². The van der Waals surface area contributed by atoms with Crippen molar-refractivity contribution in [3.63, 3.8) is 0 Å². The summed E-state index contributed by atoms with van der Waals surface area (Å²) in [5.41, 5.74) is 1.29. The molecule has 0 aliphatic rings. The van der Waals surface area contributed by atoms with Crippen molar-refractivity contribution in [1.29, 1.82) is 0 Å². The average molecular weight is 293 g/mol. The van der Waals surface area contributed by atoms with E-state index in [4.69, 9.17) is 16.0 Å². The normalized spacial score (nSPS) is 10.4. The number of hydrogen-bond acceptors (Lipinski definition) is 3. The maximum Gasteiger partial charge on any atom is 0.255 e. The highest BCUT2D eigenvalue weighted by atomic mass is 35.5. The van der Waals surface area contributed by atoms with Gasteiger partial charge >= 0.3 is 0 Å². The smallest absolute Gasteiger partial charge is 0.255 e. The Kier molecular flexibility index (Phi) is 4.35. The van der Waals surface area contributed by atoms with E-state index in [1.54, 1.807) is 32.3 Å². The maximum absolute atomic E-state index is 12.1. The van der Waals surface area contributed by atoms with Crippen LogP contribution in [-0.4, -0.2) is 24.9 Å². The van der Waals surface area contributed by atoms with Crippen molar-refractivity contribution in [3.8, 4) is 0 Å². The second kappa shape index (κ2) is 6.01. The SMILES string of the molecule is Cc1ccc(CNc2cc(Cl)ccc2C(=O)N(C)C)o1. The number of benzene rings is 1. The Bertz CT molecular complexity index is 620. The second-order valence-corrected chi connectivity index (χ2v) is 5.19. The Labute approximate surface area is 123 Å². The van der Waals surface area contributed by atoms with Gasteiger partial charge in [-0.3, -0.25) is 4.79 Å². The van der Waals surface area contributed by atoms with E-state index in [9.17, 15) is 4.79 Å². The number of rotatable bonds is 4. The van der Waals surface area contributed by atoms with E-state index in [2.05, 4.69) is 5.32 Å². The molecule has 0 unspecified atom stereocenters. The maximum atomic E-state index is 12.1. The summed E-state index contributed by atoms with van der Waals surface area (Å²) < 4.78 is 5.49. The lowest BCUT2D eigenvalue weighted by atomic mass is 10.1. The molecular formula is C15H17ClN2O2. The number of anilines is 1. The van der Waals surface area contributed by atoms with Crippen molar-refractivity contribution in [2.75, 3.05) is 19.4 Å². The van der Waals surface area contributed by atoms with Crippen LogP contribution in [0.25, 0.3) is 0 Å². The molecule has 0 saturated carbocycles. The summed E-state index contributed by atoms with van der Waals surface area (Å²) in [5.74, 6) is 1.60. The number of halogens is 1. The number of furan rings is 1. The summed E-state index contributed by atoms with van der Waals surface area (Å²) in [4.78, 5) is 13.6. The van der Waals surface area contributed by atoms with Gasteiger partial charge in [-0.05, 0) is 37.3 Å². The molecule has 5 heteroatoms. The molecule has 1 aromatic heterocycles. The lowest BCUT2D eigenvalue weighted by Crippen LogP contribution is -2.22. The van der Waals surface area contributed by atoms with E-state index < -0.39 is 0 Å². The molecule has 0 radical (unpaired) electrons. The molecule has 1 amide bonds. The van der Waals surface area contributed by atoms with E-state index >= 15 is 0 Å². The van der Waals surface area contributed by atoms with Gasteiger partial charge < -0.3 is 14.6 Å². The van der Waals surface area contributed by atoms with Crippen LogP contribution in [0.5, 0.6) is 0 Å². The van der Waals surface area contributed by atoms with Crippen molar-refractivity contribution in [2.45, 2.75) is 13.5 Å². The zero-order chi connectivity index (χ0) is 14.7. The third-order valence-corrected chi connectivity index (χ3v) is 3.10. The Hall–Kier alpha value is -1.94. The first-order chi connectivity index (χ1) is 9.47. The summed E-state index contributed by atoms with van der Waals surface area (Å²) in [5, 5.41) is 3.78. The number of aryl methyl sites for hydroxylation is 1. The number of carbonyl (C=O) groups is 1. The number of nitrogens with zero attached hydrogens (tertiary/aromatic N) is 1. The quantitative estimate of drug-likeness (QED) is 0.937. The molecule has 0 fully saturated rings. The fraction of sp³-hybridized carbons (Fsp3) is 0.267. The van der Waals surface area contributed by atoms with Crippen LogP contribution in [0.15, 0.2) is 34.7 Å². The molecule has 4 nitrogen and oxygen atoms in total. The first kappa shape index (κ1) is 14.5. The Morgan fingerprint density at radius 1 is 1.30 bits per heavy atom. The van der Waals surface area contributed by atoms with Gasteiger partial charge in [0.1, 0.15) is 11.5 Å². The van der Waals surface area contributed by atoms with Crippen molar-refractivity contribution in [2.24, 2.45) is 0 Å². The minimum Gasteiger partial charge on any atom is -0.465 e. The van der Waals surface area contributed by atoms with Crippen LogP contribution in [-0.2, 0) is 6.54 Å². The van der Waals surface area contributed by atoms with Gasteiger partial charge in [0.2, 0.25) is 0 Å². The lowest BCUT2D eigenvalue weighted by molar-refractivity contribution is 0.0828. The zero-order valence-corrected chi connectivity index (χ0v) is 12.5. The van der Waals surface area contributed by atoms with Crippen LogP contribution in [0, 0.1) is 6.92 Å². The number of hydrogen-bond donors (Lipinski definition) is 1. The molecule has 0 saturated heterocycles. The topological polar surface area (TPSA) is 45.5 Å². The van der Waals surface area contributed by atoms with Crippen molar-refractivity contribution < 1.29 is 9.21 Å². The van der Waals surface area contributed by atoms with E-state index in [0.717, 1.165) is 11.5 Å². The third kappa shape index (κ3) is 3.33. The van der Waals surface area contributed by atoms with Gasteiger partial charge in [0.15, 0.2) is 0 Å². The molecular weight excluding hydrogens is 276 g/mol. The van der Waals surface area contributed by atoms with Gasteiger partial charge in [0.05, 0.1) is 12.1 Å². The molecule has 2 aromatic rings. The van der Waals surface area contributed by atoms with Crippen LogP contribution in [0.2, 0.25) is 5.02 Å². The van der Waals surface area contributed by atoms with E-state index in [1.807, 2.05) is 19.1 Å². The van der Waals surface area contributed by atoms with Gasteiger partial charge in [-0.15, -0.1) is 0 Å². The molecule has 1 heterocycles. The summed E-state index contributed by atoms with van der Waals surface area (Å²) in [6.45, 7) is 2.39. The molecule has 0 spiro atoms. The lowest BCUT2D eigenvalue weighted by Gasteiger charge is -2.15. The van der Waals surface area contributed by atoms with Gasteiger partial charge in [0.25, 0.3) is 5.91 Å². The standard InChI is InChI=1S/C15H17ClN2O2/c1-10-4-6-12(20-10)9-17-14-8-11(16)5-7-13(14)15(19)18(2)3/h4-8,17H,9H2,1-3H3. The van der Waals surface area contributed by atoms with Crippen LogP contribution in [0.3, 0.4) is 0 Å². The monoisotopic (exact) mass is 292 g/mol. The molecule has 20 heavy (non-hydrogen) atoms. The number of nitrogens with one attached hydrogen (secondary N) is 1. The number of carbonyl (C=O) groups excluding carboxylic acids is 1. The van der Waals surface area contributed by atoms with Crippen molar-refractivity contribution in [1.82, 2.24) is 4.90 Å². The fourth-order valence-electron chi connectivity index (χ4n) is 1.85. The molecule has 0 bridgehead atoms. The van der Waals surface area contributed by atoms with Crippen LogP contribution in [0.1, 0.15) is 21.9 Å². The molecule has 0 aliphatic carbocycles. The molecule has 1 N–H and O–H groups in total. The largest absolute Gasteiger partial charge is 0.465 e. The minimum absolute atomic E-state index is 0.0696. The van der Waals surface area contributed by atoms with E-state index in [1.165, 1.54) is 4.90 Å². The van der Waals surface area contributed by atoms with Crippen molar-refractivity contribution >= 4 is 23.2 Å². The minimum atomic E-state index is -0.0696. The number of amides is 1. The summed E-state index contributed by atoms with van der Waals surface area (Å²) in [6.07, 6.45) is 0. The molecule has 106 valence electrons. The predicted octanol–water partition coefficient (Wildman–Crippen LogP) is 3.56. The molecule has 1 aromatic carbocycles. The average Bonchev–Trinajstić information content (AvgIpc) is 2.81. The first-order valence-electron chi connectivity index (χ1n) is 6.28. The van der Waals surface area contributed by atoms with Crippen molar-refractivity contribution in [3.05, 3.63) is 52.4 Å². The summed E-state index contributed by atoms with van der Waals surface area (Å²) in [7, 11) is 3.44. The van der Waals surface area contributed by atoms with Gasteiger partial charge in [0, 0.05) is 24.8 Å². The van der Waals surface area contributed by atoms with Crippen LogP contribution in [0.4, 0.5) is 5.69 Å². The Morgan fingerprint density at radius 3 is 2.65 bits per heavy atom. The van der Waals surface area contributed by atoms with Crippen LogP contribution >= 0.6 is 11.6 Å². The highest BCUT2D eigenvalue weighted by Crippen LogP contribution is 2.23. The Morgan fingerprint density at radius 2 is 2.05 bits per heavy atom. The molecule has 0 atom stereocenters. The summed E-state index contributed by atoms with van der Waals surface area (Å²) in [6, 6.07) is 8.98. The van der Waals surface area contributed by atoms with E-state index in [0.29, 0.717) is 22.8 Å². The van der Waals surface area contributed by atoms with Gasteiger partial charge in [-0.2, -0.15) is 0 Å². The highest BCUT2D eigenvalue weighted by Gasteiger charge is 2.14. The first-order valence-corrected chi connectivity index (χ1v) is 6.65.